The third-order valence-corrected chi connectivity index (χ3v) is 4.59. The summed E-state index contributed by atoms with van der Waals surface area (Å²) in [7, 11) is 0. The fourth-order valence-electron chi connectivity index (χ4n) is 3.23. The van der Waals surface area contributed by atoms with Crippen LogP contribution in [0.2, 0.25) is 0 Å². The second-order valence-corrected chi connectivity index (χ2v) is 7.36. The lowest BCUT2D eigenvalue weighted by Crippen LogP contribution is -2.49. The van der Waals surface area contributed by atoms with Crippen LogP contribution in [-0.4, -0.2) is 35.8 Å². The molecule has 1 saturated heterocycles. The minimum atomic E-state index is -0.599. The van der Waals surface area contributed by atoms with Gasteiger partial charge in [0, 0.05) is 31.1 Å². The van der Waals surface area contributed by atoms with Gasteiger partial charge in [0.25, 0.3) is 5.91 Å². The third kappa shape index (κ3) is 5.01. The second-order valence-electron chi connectivity index (χ2n) is 7.36. The van der Waals surface area contributed by atoms with Gasteiger partial charge in [-0.15, -0.1) is 0 Å². The highest BCUT2D eigenvalue weighted by Gasteiger charge is 2.29. The van der Waals surface area contributed by atoms with Crippen LogP contribution in [0, 0.1) is 17.7 Å². The van der Waals surface area contributed by atoms with E-state index in [2.05, 4.69) is 12.2 Å². The molecule has 1 aliphatic heterocycles. The SMILES string of the molecule is CC(C)CC(=O)Nc1ccc(C(=O)N2CCC(C)CC2CN)cc1F. The maximum Gasteiger partial charge on any atom is 0.254 e. The molecule has 3 N–H and O–H groups in total. The van der Waals surface area contributed by atoms with E-state index < -0.39 is 5.82 Å². The fourth-order valence-corrected chi connectivity index (χ4v) is 3.23. The Bertz CT molecular complexity index is 633. The van der Waals surface area contributed by atoms with Crippen molar-refractivity contribution < 1.29 is 14.0 Å². The van der Waals surface area contributed by atoms with Gasteiger partial charge in [-0.3, -0.25) is 9.59 Å². The van der Waals surface area contributed by atoms with E-state index in [0.29, 0.717) is 25.4 Å². The summed E-state index contributed by atoms with van der Waals surface area (Å²) >= 11 is 0. The number of nitrogens with zero attached hydrogens (tertiary/aromatic N) is 1. The lowest BCUT2D eigenvalue weighted by molar-refractivity contribution is -0.116. The Morgan fingerprint density at radius 3 is 2.72 bits per heavy atom. The summed E-state index contributed by atoms with van der Waals surface area (Å²) in [4.78, 5) is 26.3. The van der Waals surface area contributed by atoms with E-state index in [9.17, 15) is 14.0 Å². The molecular formula is C19H28FN3O2. The Labute approximate surface area is 148 Å². The van der Waals surface area contributed by atoms with Crippen molar-refractivity contribution >= 4 is 17.5 Å². The summed E-state index contributed by atoms with van der Waals surface area (Å²) in [6.07, 6.45) is 2.12. The van der Waals surface area contributed by atoms with Gasteiger partial charge in [-0.2, -0.15) is 0 Å². The van der Waals surface area contributed by atoms with Crippen LogP contribution in [0.5, 0.6) is 0 Å². The maximum absolute atomic E-state index is 14.3. The molecule has 1 fully saturated rings. The molecule has 1 aromatic rings. The summed E-state index contributed by atoms with van der Waals surface area (Å²) in [5.74, 6) is -0.313. The molecule has 0 bridgehead atoms. The number of nitrogens with one attached hydrogen (secondary N) is 1. The molecule has 2 amide bonds. The molecular weight excluding hydrogens is 321 g/mol. The first kappa shape index (κ1) is 19.4. The summed E-state index contributed by atoms with van der Waals surface area (Å²) in [6.45, 7) is 7.03. The number of nitrogens with two attached hydrogens (primary N) is 1. The molecule has 138 valence electrons. The highest BCUT2D eigenvalue weighted by atomic mass is 19.1. The molecule has 2 atom stereocenters. The Morgan fingerprint density at radius 1 is 1.40 bits per heavy atom. The zero-order chi connectivity index (χ0) is 18.6. The lowest BCUT2D eigenvalue weighted by Gasteiger charge is -2.38. The van der Waals surface area contributed by atoms with Crippen LogP contribution < -0.4 is 11.1 Å². The number of amides is 2. The first-order valence-electron chi connectivity index (χ1n) is 8.92. The van der Waals surface area contributed by atoms with Gasteiger partial charge in [0.05, 0.1) is 5.69 Å². The standard InChI is InChI=1S/C19H28FN3O2/c1-12(2)8-18(24)22-17-5-4-14(10-16(17)20)19(25)23-7-6-13(3)9-15(23)11-21/h4-5,10,12-13,15H,6-9,11,21H2,1-3H3,(H,22,24). The van der Waals surface area contributed by atoms with Crippen molar-refractivity contribution in [3.05, 3.63) is 29.6 Å². The van der Waals surface area contributed by atoms with Gasteiger partial charge in [0.1, 0.15) is 5.82 Å². The summed E-state index contributed by atoms with van der Waals surface area (Å²) in [5, 5.41) is 2.55. The molecule has 5 nitrogen and oxygen atoms in total. The van der Waals surface area contributed by atoms with Gasteiger partial charge in [0.15, 0.2) is 0 Å². The number of halogens is 1. The van der Waals surface area contributed by atoms with Gasteiger partial charge < -0.3 is 16.0 Å². The van der Waals surface area contributed by atoms with Crippen LogP contribution in [0.3, 0.4) is 0 Å². The van der Waals surface area contributed by atoms with E-state index in [1.807, 2.05) is 13.8 Å². The minimum absolute atomic E-state index is 0.00951. The topological polar surface area (TPSA) is 75.4 Å². The number of anilines is 1. The maximum atomic E-state index is 14.3. The van der Waals surface area contributed by atoms with Crippen molar-refractivity contribution in [1.82, 2.24) is 4.90 Å². The molecule has 2 unspecified atom stereocenters. The predicted molar refractivity (Wildman–Crippen MR) is 96.8 cm³/mol. The number of carbonyl (C=O) groups excluding carboxylic acids is 2. The second kappa shape index (κ2) is 8.43. The largest absolute Gasteiger partial charge is 0.334 e. The first-order chi connectivity index (χ1) is 11.8. The molecule has 0 saturated carbocycles. The van der Waals surface area contributed by atoms with Gasteiger partial charge in [-0.1, -0.05) is 20.8 Å². The number of piperidine rings is 1. The van der Waals surface area contributed by atoms with Gasteiger partial charge in [-0.05, 0) is 42.9 Å². The number of carbonyl (C=O) groups is 2. The molecule has 0 aliphatic carbocycles. The molecule has 2 rings (SSSR count). The van der Waals surface area contributed by atoms with Crippen molar-refractivity contribution in [2.45, 2.75) is 46.1 Å². The van der Waals surface area contributed by atoms with E-state index in [4.69, 9.17) is 5.73 Å². The molecule has 1 aromatic carbocycles. The van der Waals surface area contributed by atoms with Gasteiger partial charge in [0.2, 0.25) is 5.91 Å². The molecule has 0 aromatic heterocycles. The molecule has 1 heterocycles. The number of hydrogen-bond donors (Lipinski definition) is 2. The van der Waals surface area contributed by atoms with Crippen LogP contribution in [-0.2, 0) is 4.79 Å². The third-order valence-electron chi connectivity index (χ3n) is 4.59. The highest BCUT2D eigenvalue weighted by Crippen LogP contribution is 2.25. The first-order valence-corrected chi connectivity index (χ1v) is 8.92. The summed E-state index contributed by atoms with van der Waals surface area (Å²) in [6, 6.07) is 4.19. The van der Waals surface area contributed by atoms with Crippen molar-refractivity contribution in [2.75, 3.05) is 18.4 Å². The van der Waals surface area contributed by atoms with Gasteiger partial charge >= 0.3 is 0 Å². The molecule has 25 heavy (non-hydrogen) atoms. The molecule has 1 aliphatic rings. The van der Waals surface area contributed by atoms with Crippen LogP contribution in [0.1, 0.15) is 50.4 Å². The molecule has 0 spiro atoms. The Hall–Kier alpha value is -1.95. The van der Waals surface area contributed by atoms with Crippen LogP contribution in [0.15, 0.2) is 18.2 Å². The highest BCUT2D eigenvalue weighted by molar-refractivity contribution is 5.96. The van der Waals surface area contributed by atoms with Crippen molar-refractivity contribution in [2.24, 2.45) is 17.6 Å². The Kier molecular flexibility index (Phi) is 6.53. The van der Waals surface area contributed by atoms with E-state index in [1.165, 1.54) is 12.1 Å². The fraction of sp³-hybridized carbons (Fsp3) is 0.579. The van der Waals surface area contributed by atoms with E-state index in [-0.39, 0.29) is 35.0 Å². The van der Waals surface area contributed by atoms with Crippen LogP contribution >= 0.6 is 0 Å². The van der Waals surface area contributed by atoms with E-state index in [1.54, 1.807) is 11.0 Å². The average molecular weight is 349 g/mol. The van der Waals surface area contributed by atoms with Crippen LogP contribution in [0.25, 0.3) is 0 Å². The van der Waals surface area contributed by atoms with E-state index in [0.717, 1.165) is 12.8 Å². The smallest absolute Gasteiger partial charge is 0.254 e. The summed E-state index contributed by atoms with van der Waals surface area (Å²) in [5.41, 5.74) is 6.19. The predicted octanol–water partition coefficient (Wildman–Crippen LogP) is 3.01. The Balaban J connectivity index is 2.11. The van der Waals surface area contributed by atoms with Crippen LogP contribution in [0.4, 0.5) is 10.1 Å². The Morgan fingerprint density at radius 2 is 2.12 bits per heavy atom. The van der Waals surface area contributed by atoms with Gasteiger partial charge in [-0.25, -0.2) is 4.39 Å². The van der Waals surface area contributed by atoms with Crippen molar-refractivity contribution in [1.29, 1.82) is 0 Å². The number of hydrogen-bond acceptors (Lipinski definition) is 3. The minimum Gasteiger partial charge on any atom is -0.334 e. The number of likely N-dealkylation sites (tertiary alicyclic amines) is 1. The molecule has 0 radical (unpaired) electrons. The molecule has 6 heteroatoms. The van der Waals surface area contributed by atoms with Crippen molar-refractivity contribution in [3.63, 3.8) is 0 Å². The summed E-state index contributed by atoms with van der Waals surface area (Å²) < 4.78 is 14.3. The normalized spacial score (nSPS) is 20.6. The average Bonchev–Trinajstić information content (AvgIpc) is 2.55. The lowest BCUT2D eigenvalue weighted by atomic mass is 9.92. The number of benzene rings is 1. The van der Waals surface area contributed by atoms with E-state index >= 15 is 0 Å². The monoisotopic (exact) mass is 349 g/mol. The number of rotatable bonds is 5. The zero-order valence-corrected chi connectivity index (χ0v) is 15.2. The zero-order valence-electron chi connectivity index (χ0n) is 15.2. The quantitative estimate of drug-likeness (QED) is 0.858. The van der Waals surface area contributed by atoms with Crippen molar-refractivity contribution in [3.8, 4) is 0 Å².